The Bertz CT molecular complexity index is 729. The molecule has 2 aromatic carbocycles. The molecule has 106 valence electrons. The van der Waals surface area contributed by atoms with Gasteiger partial charge in [0.2, 0.25) is 0 Å². The second-order valence-corrected chi connectivity index (χ2v) is 7.36. The molecule has 0 atom stereocenters. The molecule has 0 N–H and O–H groups in total. The van der Waals surface area contributed by atoms with Gasteiger partial charge in [0.05, 0.1) is 9.92 Å². The van der Waals surface area contributed by atoms with Gasteiger partial charge in [0, 0.05) is 15.7 Å². The summed E-state index contributed by atoms with van der Waals surface area (Å²) in [5, 5.41) is 0.787. The van der Waals surface area contributed by atoms with E-state index in [4.69, 9.17) is 38.6 Å². The van der Waals surface area contributed by atoms with E-state index in [1.165, 1.54) is 18.2 Å². The van der Waals surface area contributed by atoms with Crippen LogP contribution in [0.4, 0.5) is 0 Å². The maximum atomic E-state index is 11.2. The molecule has 20 heavy (non-hydrogen) atoms. The summed E-state index contributed by atoms with van der Waals surface area (Å²) in [5.41, 5.74) is 0.877. The Balaban J connectivity index is 2.15. The molecule has 0 aliphatic heterocycles. The minimum absolute atomic E-state index is 0.0701. The SMILES string of the molecule is O=S(=O)(Cl)c1ccc(OCc2cccc(Cl)c2)c(Cl)c1. The molecule has 3 nitrogen and oxygen atoms in total. The maximum Gasteiger partial charge on any atom is 0.261 e. The largest absolute Gasteiger partial charge is 0.487 e. The van der Waals surface area contributed by atoms with Gasteiger partial charge >= 0.3 is 0 Å². The molecule has 0 spiro atoms. The third-order valence-corrected chi connectivity index (χ3v) is 4.35. The van der Waals surface area contributed by atoms with Crippen molar-refractivity contribution >= 4 is 42.9 Å². The van der Waals surface area contributed by atoms with Crippen LogP contribution in [0, 0.1) is 0 Å². The molecule has 0 unspecified atom stereocenters. The van der Waals surface area contributed by atoms with Gasteiger partial charge in [-0.05, 0) is 35.9 Å². The second-order valence-electron chi connectivity index (χ2n) is 3.95. The average molecular weight is 352 g/mol. The van der Waals surface area contributed by atoms with E-state index < -0.39 is 9.05 Å². The van der Waals surface area contributed by atoms with E-state index in [1.807, 2.05) is 12.1 Å². The van der Waals surface area contributed by atoms with Crippen LogP contribution in [0.1, 0.15) is 5.56 Å². The average Bonchev–Trinajstić information content (AvgIpc) is 2.36. The summed E-state index contributed by atoms with van der Waals surface area (Å²) < 4.78 is 27.8. The Hall–Kier alpha value is -0.940. The molecule has 7 heteroatoms. The van der Waals surface area contributed by atoms with Crippen molar-refractivity contribution in [2.75, 3.05) is 0 Å². The zero-order valence-corrected chi connectivity index (χ0v) is 13.1. The molecule has 0 radical (unpaired) electrons. The molecule has 2 aromatic rings. The minimum atomic E-state index is -3.80. The van der Waals surface area contributed by atoms with Crippen molar-refractivity contribution in [2.45, 2.75) is 11.5 Å². The number of hydrogen-bond acceptors (Lipinski definition) is 3. The van der Waals surface area contributed by atoms with E-state index in [0.717, 1.165) is 5.56 Å². The van der Waals surface area contributed by atoms with E-state index in [0.29, 0.717) is 10.8 Å². The summed E-state index contributed by atoms with van der Waals surface area (Å²) in [6.07, 6.45) is 0. The van der Waals surface area contributed by atoms with Crippen LogP contribution >= 0.6 is 33.9 Å². The highest BCUT2D eigenvalue weighted by Crippen LogP contribution is 2.29. The Kier molecular flexibility index (Phi) is 4.81. The molecule has 0 saturated heterocycles. The summed E-state index contributed by atoms with van der Waals surface area (Å²) >= 11 is 11.8. The Morgan fingerprint density at radius 2 is 1.80 bits per heavy atom. The fourth-order valence-electron chi connectivity index (χ4n) is 1.54. The fraction of sp³-hybridized carbons (Fsp3) is 0.0769. The lowest BCUT2D eigenvalue weighted by molar-refractivity contribution is 0.306. The Morgan fingerprint density at radius 3 is 2.40 bits per heavy atom. The van der Waals surface area contributed by atoms with Gasteiger partial charge in [-0.15, -0.1) is 0 Å². The summed E-state index contributed by atoms with van der Waals surface area (Å²) in [5.74, 6) is 0.371. The zero-order chi connectivity index (χ0) is 14.8. The number of hydrogen-bond donors (Lipinski definition) is 0. The minimum Gasteiger partial charge on any atom is -0.487 e. The van der Waals surface area contributed by atoms with Crippen LogP contribution in [-0.2, 0) is 15.7 Å². The monoisotopic (exact) mass is 350 g/mol. The van der Waals surface area contributed by atoms with Crippen LogP contribution in [0.3, 0.4) is 0 Å². The molecule has 0 amide bonds. The lowest BCUT2D eigenvalue weighted by Crippen LogP contribution is -1.97. The van der Waals surface area contributed by atoms with Crippen molar-refractivity contribution < 1.29 is 13.2 Å². The standard InChI is InChI=1S/C13H9Cl3O3S/c14-10-3-1-2-9(6-10)8-19-13-5-4-11(7-12(13)15)20(16,17)18/h1-7H,8H2. The zero-order valence-electron chi connectivity index (χ0n) is 10.0. The third kappa shape index (κ3) is 4.03. The molecule has 0 bridgehead atoms. The normalized spacial score (nSPS) is 11.3. The van der Waals surface area contributed by atoms with Crippen LogP contribution in [0.2, 0.25) is 10.0 Å². The van der Waals surface area contributed by atoms with Crippen LogP contribution in [0.25, 0.3) is 0 Å². The van der Waals surface area contributed by atoms with Crippen LogP contribution in [-0.4, -0.2) is 8.42 Å². The number of halogens is 3. The summed E-state index contributed by atoms with van der Waals surface area (Å²) in [4.78, 5) is -0.0701. The van der Waals surface area contributed by atoms with Gasteiger partial charge in [0.15, 0.2) is 0 Å². The molecule has 0 heterocycles. The van der Waals surface area contributed by atoms with E-state index in [1.54, 1.807) is 12.1 Å². The van der Waals surface area contributed by atoms with Crippen molar-refractivity contribution in [3.63, 3.8) is 0 Å². The van der Waals surface area contributed by atoms with Gasteiger partial charge in [-0.1, -0.05) is 35.3 Å². The van der Waals surface area contributed by atoms with E-state index in [9.17, 15) is 8.42 Å². The smallest absolute Gasteiger partial charge is 0.261 e. The van der Waals surface area contributed by atoms with Crippen LogP contribution in [0.15, 0.2) is 47.4 Å². The first-order valence-electron chi connectivity index (χ1n) is 5.48. The first kappa shape index (κ1) is 15.4. The molecule has 2 rings (SSSR count). The Labute approximate surface area is 131 Å². The van der Waals surface area contributed by atoms with Crippen LogP contribution < -0.4 is 4.74 Å². The highest BCUT2D eigenvalue weighted by Gasteiger charge is 2.12. The van der Waals surface area contributed by atoms with Crippen molar-refractivity contribution in [2.24, 2.45) is 0 Å². The van der Waals surface area contributed by atoms with E-state index in [2.05, 4.69) is 0 Å². The molecule has 0 aliphatic carbocycles. The molecule has 0 aliphatic rings. The lowest BCUT2D eigenvalue weighted by Gasteiger charge is -2.09. The highest BCUT2D eigenvalue weighted by molar-refractivity contribution is 8.13. The van der Waals surface area contributed by atoms with Gasteiger partial charge in [0.1, 0.15) is 12.4 Å². The summed E-state index contributed by atoms with van der Waals surface area (Å²) in [6.45, 7) is 0.271. The topological polar surface area (TPSA) is 43.4 Å². The second kappa shape index (κ2) is 6.22. The molecule has 0 fully saturated rings. The van der Waals surface area contributed by atoms with Gasteiger partial charge in [0.25, 0.3) is 9.05 Å². The predicted octanol–water partition coefficient (Wildman–Crippen LogP) is 4.50. The third-order valence-electron chi connectivity index (χ3n) is 2.47. The van der Waals surface area contributed by atoms with Crippen molar-refractivity contribution in [1.29, 1.82) is 0 Å². The molecule has 0 saturated carbocycles. The lowest BCUT2D eigenvalue weighted by atomic mass is 10.2. The van der Waals surface area contributed by atoms with Gasteiger partial charge in [-0.3, -0.25) is 0 Å². The van der Waals surface area contributed by atoms with Crippen molar-refractivity contribution in [1.82, 2.24) is 0 Å². The maximum absolute atomic E-state index is 11.2. The summed E-state index contributed by atoms with van der Waals surface area (Å²) in [6, 6.07) is 11.2. The van der Waals surface area contributed by atoms with Crippen molar-refractivity contribution in [3.05, 3.63) is 58.1 Å². The first-order chi connectivity index (χ1) is 9.36. The first-order valence-corrected chi connectivity index (χ1v) is 8.54. The number of benzene rings is 2. The van der Waals surface area contributed by atoms with Gasteiger partial charge < -0.3 is 4.74 Å². The van der Waals surface area contributed by atoms with E-state index >= 15 is 0 Å². The fourth-order valence-corrected chi connectivity index (χ4v) is 2.83. The highest BCUT2D eigenvalue weighted by atomic mass is 35.7. The Morgan fingerprint density at radius 1 is 1.05 bits per heavy atom. The molecular weight excluding hydrogens is 343 g/mol. The van der Waals surface area contributed by atoms with Crippen molar-refractivity contribution in [3.8, 4) is 5.75 Å². The predicted molar refractivity (Wildman–Crippen MR) is 80.3 cm³/mol. The quantitative estimate of drug-likeness (QED) is 0.762. The number of rotatable bonds is 4. The van der Waals surface area contributed by atoms with Crippen LogP contribution in [0.5, 0.6) is 5.75 Å². The molecule has 0 aromatic heterocycles. The number of ether oxygens (including phenoxy) is 1. The van der Waals surface area contributed by atoms with Gasteiger partial charge in [-0.2, -0.15) is 0 Å². The van der Waals surface area contributed by atoms with E-state index in [-0.39, 0.29) is 16.5 Å². The molecular formula is C13H9Cl3O3S. The van der Waals surface area contributed by atoms with Gasteiger partial charge in [-0.25, -0.2) is 8.42 Å². The summed E-state index contributed by atoms with van der Waals surface area (Å²) in [7, 11) is 1.43.